The van der Waals surface area contributed by atoms with Gasteiger partial charge >= 0.3 is 29.6 Å². The number of benzene rings is 2. The van der Waals surface area contributed by atoms with E-state index in [1.807, 2.05) is 0 Å². The van der Waals surface area contributed by atoms with E-state index < -0.39 is 73.8 Å². The minimum Gasteiger partial charge on any atom is -1.00 e. The molecule has 0 radical (unpaired) electrons. The molecule has 186 valence electrons. The van der Waals surface area contributed by atoms with Crippen molar-refractivity contribution in [3.8, 4) is 0 Å². The standard InChI is InChI=1S/C18H19N3O11S2.Na.H/c1-18(2,3)10-32-34(30,31)16-9-12(21(25)26)5-7-14(16)19-17(22)13-6-4-11(20(23)24)8-15(13)33(27,28)29;;/h4-9H,10H2,1-3H3,(H,19,22)(H,27,28,29);;/q;+1;-1. The van der Waals surface area contributed by atoms with Gasteiger partial charge in [0.05, 0.1) is 27.7 Å². The molecule has 0 unspecified atom stereocenters. The van der Waals surface area contributed by atoms with Gasteiger partial charge in [0, 0.05) is 24.3 Å². The topological polar surface area (TPSA) is 213 Å². The van der Waals surface area contributed by atoms with Crippen molar-refractivity contribution in [1.29, 1.82) is 0 Å². The van der Waals surface area contributed by atoms with Gasteiger partial charge in [0.2, 0.25) is 0 Å². The van der Waals surface area contributed by atoms with Crippen LogP contribution < -0.4 is 34.9 Å². The zero-order valence-corrected chi connectivity index (χ0v) is 22.5. The van der Waals surface area contributed by atoms with Crippen LogP contribution in [0.25, 0.3) is 0 Å². The molecule has 0 heterocycles. The molecule has 0 saturated carbocycles. The van der Waals surface area contributed by atoms with Crippen LogP contribution in [0, 0.1) is 25.6 Å². The Morgan fingerprint density at radius 2 is 1.49 bits per heavy atom. The molecule has 0 bridgehead atoms. The minimum absolute atomic E-state index is 0. The van der Waals surface area contributed by atoms with E-state index in [9.17, 15) is 46.4 Å². The maximum Gasteiger partial charge on any atom is 1.00 e. The van der Waals surface area contributed by atoms with E-state index >= 15 is 0 Å². The average Bonchev–Trinajstić information content (AvgIpc) is 2.70. The Balaban J connectivity index is 0.00000612. The molecule has 0 spiro atoms. The summed E-state index contributed by atoms with van der Waals surface area (Å²) in [4.78, 5) is 31.1. The van der Waals surface area contributed by atoms with Crippen molar-refractivity contribution in [1.82, 2.24) is 0 Å². The number of nitrogens with zero attached hydrogens (tertiary/aromatic N) is 2. The summed E-state index contributed by atoms with van der Waals surface area (Å²) in [5.74, 6) is -1.27. The Morgan fingerprint density at radius 3 is 1.94 bits per heavy atom. The summed E-state index contributed by atoms with van der Waals surface area (Å²) >= 11 is 0. The predicted molar refractivity (Wildman–Crippen MR) is 118 cm³/mol. The second kappa shape index (κ2) is 11.1. The van der Waals surface area contributed by atoms with E-state index in [0.717, 1.165) is 24.3 Å². The molecule has 2 aromatic carbocycles. The molecule has 0 saturated heterocycles. The molecule has 14 nitrogen and oxygen atoms in total. The molecule has 35 heavy (non-hydrogen) atoms. The van der Waals surface area contributed by atoms with Crippen LogP contribution in [0.4, 0.5) is 17.1 Å². The summed E-state index contributed by atoms with van der Waals surface area (Å²) in [7, 11) is -9.75. The van der Waals surface area contributed by atoms with Gasteiger partial charge in [-0.25, -0.2) is 0 Å². The van der Waals surface area contributed by atoms with Crippen LogP contribution in [0.1, 0.15) is 32.6 Å². The van der Waals surface area contributed by atoms with Crippen molar-refractivity contribution in [2.24, 2.45) is 5.41 Å². The molecule has 0 aliphatic rings. The van der Waals surface area contributed by atoms with Crippen molar-refractivity contribution in [3.05, 3.63) is 62.2 Å². The summed E-state index contributed by atoms with van der Waals surface area (Å²) in [5.41, 5.74) is -3.22. The normalized spacial score (nSPS) is 11.9. The Hall–Kier alpha value is -2.47. The first-order valence-electron chi connectivity index (χ1n) is 9.17. The second-order valence-electron chi connectivity index (χ2n) is 8.08. The molecular weight excluding hydrogens is 521 g/mol. The number of non-ortho nitro benzene ring substituents is 2. The molecule has 17 heteroatoms. The third-order valence-electron chi connectivity index (χ3n) is 4.04. The molecule has 2 aromatic rings. The second-order valence-corrected chi connectivity index (χ2v) is 11.1. The third-order valence-corrected chi connectivity index (χ3v) is 6.24. The zero-order valence-electron chi connectivity index (χ0n) is 19.9. The average molecular weight is 541 g/mol. The SMILES string of the molecule is CC(C)(C)COS(=O)(=O)c1cc([N+](=O)[O-])ccc1NC(=O)c1ccc([N+](=O)[O-])cc1S(=O)(=O)O.[H-].[Na+]. The van der Waals surface area contributed by atoms with Crippen LogP contribution in [0.3, 0.4) is 0 Å². The van der Waals surface area contributed by atoms with Gasteiger partial charge in [-0.05, 0) is 17.5 Å². The van der Waals surface area contributed by atoms with Crippen molar-refractivity contribution in [2.45, 2.75) is 30.6 Å². The maximum atomic E-state index is 12.8. The molecule has 0 aromatic heterocycles. The molecule has 0 aliphatic heterocycles. The van der Waals surface area contributed by atoms with Crippen molar-refractivity contribution in [3.63, 3.8) is 0 Å². The molecular formula is C18H20N3NaO11S2. The monoisotopic (exact) mass is 541 g/mol. The van der Waals surface area contributed by atoms with E-state index in [1.54, 1.807) is 20.8 Å². The van der Waals surface area contributed by atoms with Crippen LogP contribution in [0.5, 0.6) is 0 Å². The summed E-state index contributed by atoms with van der Waals surface area (Å²) in [6.45, 7) is 4.71. The maximum absolute atomic E-state index is 12.8. The van der Waals surface area contributed by atoms with Gasteiger partial charge < -0.3 is 6.74 Å². The molecule has 0 atom stereocenters. The predicted octanol–water partition coefficient (Wildman–Crippen LogP) is -0.130. The van der Waals surface area contributed by atoms with Gasteiger partial charge in [-0.1, -0.05) is 20.8 Å². The van der Waals surface area contributed by atoms with Crippen LogP contribution >= 0.6 is 0 Å². The van der Waals surface area contributed by atoms with Crippen LogP contribution in [-0.4, -0.2) is 43.7 Å². The smallest absolute Gasteiger partial charge is 1.00 e. The first-order chi connectivity index (χ1) is 15.4. The minimum atomic E-state index is -5.11. The van der Waals surface area contributed by atoms with E-state index in [0.29, 0.717) is 12.1 Å². The summed E-state index contributed by atoms with van der Waals surface area (Å²) in [6, 6.07) is 4.41. The van der Waals surface area contributed by atoms with Gasteiger partial charge in [0.25, 0.3) is 37.5 Å². The number of carbonyl (C=O) groups is 1. The van der Waals surface area contributed by atoms with Crippen molar-refractivity contribution in [2.75, 3.05) is 11.9 Å². The van der Waals surface area contributed by atoms with Gasteiger partial charge in [0.15, 0.2) is 0 Å². The number of nitro benzene ring substituents is 2. The number of carbonyl (C=O) groups excluding carboxylic acids is 1. The largest absolute Gasteiger partial charge is 1.00 e. The fraction of sp³-hybridized carbons (Fsp3) is 0.278. The fourth-order valence-corrected chi connectivity index (χ4v) is 4.47. The molecule has 0 aliphatic carbocycles. The van der Waals surface area contributed by atoms with Crippen molar-refractivity contribution < 1.29 is 71.2 Å². The summed E-state index contributed by atoms with van der Waals surface area (Å²) < 4.78 is 63.2. The Morgan fingerprint density at radius 1 is 1.00 bits per heavy atom. The molecule has 2 rings (SSSR count). The van der Waals surface area contributed by atoms with E-state index in [4.69, 9.17) is 4.18 Å². The molecule has 2 N–H and O–H groups in total. The number of anilines is 1. The molecule has 1 amide bonds. The van der Waals surface area contributed by atoms with Gasteiger partial charge in [-0.15, -0.1) is 0 Å². The first kappa shape index (κ1) is 30.6. The fourth-order valence-electron chi connectivity index (χ4n) is 2.47. The van der Waals surface area contributed by atoms with Gasteiger partial charge in [0.1, 0.15) is 9.79 Å². The van der Waals surface area contributed by atoms with Crippen molar-refractivity contribution >= 4 is 43.2 Å². The Labute approximate surface area is 223 Å². The van der Waals surface area contributed by atoms with E-state index in [1.165, 1.54) is 0 Å². The summed E-state index contributed by atoms with van der Waals surface area (Å²) in [5, 5.41) is 24.1. The Bertz CT molecular complexity index is 1390. The quantitative estimate of drug-likeness (QED) is 0.148. The van der Waals surface area contributed by atoms with Gasteiger partial charge in [-0.3, -0.25) is 33.8 Å². The van der Waals surface area contributed by atoms with Crippen LogP contribution in [0.15, 0.2) is 46.2 Å². The first-order valence-corrected chi connectivity index (χ1v) is 12.0. The van der Waals surface area contributed by atoms with Crippen LogP contribution in [0.2, 0.25) is 0 Å². The van der Waals surface area contributed by atoms with E-state index in [2.05, 4.69) is 5.32 Å². The van der Waals surface area contributed by atoms with E-state index in [-0.39, 0.29) is 37.6 Å². The number of hydrogen-bond donors (Lipinski definition) is 2. The number of hydrogen-bond acceptors (Lipinski definition) is 10. The number of nitrogens with one attached hydrogen (secondary N) is 1. The summed E-state index contributed by atoms with van der Waals surface area (Å²) in [6.07, 6.45) is 0. The number of nitro groups is 2. The number of rotatable bonds is 8. The Kier molecular flexibility index (Phi) is 9.66. The molecule has 0 fully saturated rings. The van der Waals surface area contributed by atoms with Crippen LogP contribution in [-0.2, 0) is 24.4 Å². The zero-order chi connectivity index (χ0) is 26.1. The third kappa shape index (κ3) is 8.03. The number of amides is 1. The van der Waals surface area contributed by atoms with Gasteiger partial charge in [-0.2, -0.15) is 16.8 Å².